The summed E-state index contributed by atoms with van der Waals surface area (Å²) in [6.45, 7) is 4.15. The molecule has 0 spiro atoms. The molecule has 120 valence electrons. The number of aromatic hydroxyl groups is 1. The van der Waals surface area contributed by atoms with Gasteiger partial charge in [-0.05, 0) is 42.0 Å². The first kappa shape index (κ1) is 17.7. The van der Waals surface area contributed by atoms with Crippen LogP contribution in [0.5, 0.6) is 5.75 Å². The lowest BCUT2D eigenvalue weighted by Gasteiger charge is -2.00. The van der Waals surface area contributed by atoms with E-state index in [1.807, 2.05) is 83.7 Å². The molecule has 2 aromatic carbocycles. The van der Waals surface area contributed by atoms with E-state index in [1.54, 1.807) is 12.1 Å². The van der Waals surface area contributed by atoms with E-state index < -0.39 is 0 Å². The van der Waals surface area contributed by atoms with Gasteiger partial charge in [-0.2, -0.15) is 4.57 Å². The van der Waals surface area contributed by atoms with Crippen LogP contribution in [-0.4, -0.2) is 5.11 Å². The second-order valence-electron chi connectivity index (χ2n) is 5.28. The number of halogens is 1. The summed E-state index contributed by atoms with van der Waals surface area (Å²) in [4.78, 5) is 0. The Morgan fingerprint density at radius 3 is 2.17 bits per heavy atom. The van der Waals surface area contributed by atoms with Gasteiger partial charge < -0.3 is 22.1 Å². The molecule has 0 aliphatic rings. The minimum atomic E-state index is 0. The van der Waals surface area contributed by atoms with E-state index in [0.29, 0.717) is 0 Å². The fourth-order valence-electron chi connectivity index (χ4n) is 2.33. The van der Waals surface area contributed by atoms with E-state index in [2.05, 4.69) is 6.58 Å². The van der Waals surface area contributed by atoms with E-state index in [1.165, 1.54) is 0 Å². The average Bonchev–Trinajstić information content (AvgIpc) is 2.61. The van der Waals surface area contributed by atoms with Gasteiger partial charge >= 0.3 is 0 Å². The number of rotatable bonds is 4. The van der Waals surface area contributed by atoms with Gasteiger partial charge in [0.05, 0.1) is 0 Å². The van der Waals surface area contributed by atoms with E-state index in [4.69, 9.17) is 0 Å². The molecule has 2 nitrogen and oxygen atoms in total. The molecule has 1 aromatic heterocycles. The summed E-state index contributed by atoms with van der Waals surface area (Å²) in [6.07, 6.45) is 7.99. The smallest absolute Gasteiger partial charge is 0.210 e. The van der Waals surface area contributed by atoms with Crippen molar-refractivity contribution in [2.24, 2.45) is 0 Å². The van der Waals surface area contributed by atoms with Crippen molar-refractivity contribution < 1.29 is 26.7 Å². The van der Waals surface area contributed by atoms with Crippen molar-refractivity contribution >= 4 is 17.8 Å². The van der Waals surface area contributed by atoms with Crippen LogP contribution in [0.4, 0.5) is 0 Å². The highest BCUT2D eigenvalue weighted by Gasteiger charge is 2.08. The lowest BCUT2D eigenvalue weighted by molar-refractivity contribution is -0.578. The highest BCUT2D eigenvalue weighted by Crippen LogP contribution is 2.14. The van der Waals surface area contributed by atoms with Gasteiger partial charge in [-0.3, -0.25) is 0 Å². The minimum absolute atomic E-state index is 0. The Morgan fingerprint density at radius 2 is 1.50 bits per heavy atom. The standard InChI is InChI=1S/C21H17NO.BrH/c1-17(20-7-3-2-4-8-20)22-14-12-18(13-15-22)10-11-19-6-5-9-21(23)16-19;/h2-16H,1H2;1H. The first-order valence-corrected chi connectivity index (χ1v) is 7.45. The molecule has 3 aromatic rings. The third-order valence-electron chi connectivity index (χ3n) is 3.61. The molecule has 3 heteroatoms. The molecule has 0 unspecified atom stereocenters. The van der Waals surface area contributed by atoms with Crippen molar-refractivity contribution in [2.75, 3.05) is 0 Å². The van der Waals surface area contributed by atoms with Crippen molar-refractivity contribution in [2.45, 2.75) is 0 Å². The number of phenolic OH excluding ortho intramolecular Hbond substituents is 1. The predicted molar refractivity (Wildman–Crippen MR) is 94.5 cm³/mol. The number of benzene rings is 2. The monoisotopic (exact) mass is 379 g/mol. The molecule has 0 aliphatic carbocycles. The number of pyridine rings is 1. The molecule has 0 saturated heterocycles. The molecule has 1 N–H and O–H groups in total. The topological polar surface area (TPSA) is 24.1 Å². The van der Waals surface area contributed by atoms with Crippen molar-refractivity contribution in [3.05, 3.63) is 102 Å². The van der Waals surface area contributed by atoms with Crippen LogP contribution in [-0.2, 0) is 0 Å². The SMILES string of the molecule is C=C(c1ccccc1)[n+]1ccc(C=Cc2cccc(O)c2)cc1.[Br-]. The third kappa shape index (κ3) is 4.43. The Kier molecular flexibility index (Phi) is 6.10. The van der Waals surface area contributed by atoms with Gasteiger partial charge in [0.25, 0.3) is 0 Å². The summed E-state index contributed by atoms with van der Waals surface area (Å²) < 4.78 is 2.00. The summed E-state index contributed by atoms with van der Waals surface area (Å²) in [5.74, 6) is 0.275. The maximum Gasteiger partial charge on any atom is 0.210 e. The van der Waals surface area contributed by atoms with Gasteiger partial charge in [-0.15, -0.1) is 0 Å². The molecule has 0 bridgehead atoms. The second-order valence-corrected chi connectivity index (χ2v) is 5.28. The van der Waals surface area contributed by atoms with E-state index in [0.717, 1.165) is 22.4 Å². The number of aromatic nitrogens is 1. The highest BCUT2D eigenvalue weighted by molar-refractivity contribution is 5.69. The second kappa shape index (κ2) is 8.27. The number of hydrogen-bond donors (Lipinski definition) is 1. The van der Waals surface area contributed by atoms with E-state index in [-0.39, 0.29) is 22.7 Å². The molecular weight excluding hydrogens is 362 g/mol. The first-order valence-electron chi connectivity index (χ1n) is 7.45. The van der Waals surface area contributed by atoms with Crippen LogP contribution in [0.25, 0.3) is 17.8 Å². The fraction of sp³-hybridized carbons (Fsp3) is 0. The Morgan fingerprint density at radius 1 is 0.833 bits per heavy atom. The van der Waals surface area contributed by atoms with Crippen molar-refractivity contribution in [1.29, 1.82) is 0 Å². The van der Waals surface area contributed by atoms with Crippen LogP contribution in [0.3, 0.4) is 0 Å². The molecule has 0 saturated carbocycles. The van der Waals surface area contributed by atoms with Crippen LogP contribution in [0.15, 0.2) is 85.7 Å². The number of nitrogens with zero attached hydrogens (tertiary/aromatic N) is 1. The van der Waals surface area contributed by atoms with Crippen molar-refractivity contribution in [3.8, 4) is 5.75 Å². The Labute approximate surface area is 152 Å². The molecule has 0 atom stereocenters. The molecule has 0 fully saturated rings. The largest absolute Gasteiger partial charge is 1.00 e. The zero-order valence-corrected chi connectivity index (χ0v) is 14.7. The van der Waals surface area contributed by atoms with Crippen LogP contribution in [0.1, 0.15) is 16.7 Å². The van der Waals surface area contributed by atoms with E-state index >= 15 is 0 Å². The summed E-state index contributed by atoms with van der Waals surface area (Å²) in [7, 11) is 0. The highest BCUT2D eigenvalue weighted by atomic mass is 79.9. The maximum absolute atomic E-state index is 9.47. The lowest BCUT2D eigenvalue weighted by Crippen LogP contribution is -3.00. The zero-order valence-electron chi connectivity index (χ0n) is 13.1. The third-order valence-corrected chi connectivity index (χ3v) is 3.61. The number of hydrogen-bond acceptors (Lipinski definition) is 1. The summed E-state index contributed by atoms with van der Waals surface area (Å²) in [5, 5.41) is 9.47. The number of phenols is 1. The Bertz CT molecular complexity index is 839. The molecule has 0 aliphatic heterocycles. The van der Waals surface area contributed by atoms with Gasteiger partial charge in [0, 0.05) is 17.7 Å². The molecule has 24 heavy (non-hydrogen) atoms. The van der Waals surface area contributed by atoms with Crippen LogP contribution >= 0.6 is 0 Å². The van der Waals surface area contributed by atoms with Crippen molar-refractivity contribution in [3.63, 3.8) is 0 Å². The van der Waals surface area contributed by atoms with Gasteiger partial charge in [-0.25, -0.2) is 0 Å². The lowest BCUT2D eigenvalue weighted by atomic mass is 10.1. The molecule has 1 heterocycles. The molecule has 0 radical (unpaired) electrons. The van der Waals surface area contributed by atoms with Gasteiger partial charge in [-0.1, -0.05) is 42.5 Å². The van der Waals surface area contributed by atoms with Crippen LogP contribution < -0.4 is 21.5 Å². The first-order chi connectivity index (χ1) is 11.2. The zero-order chi connectivity index (χ0) is 16.1. The molecule has 0 amide bonds. The van der Waals surface area contributed by atoms with Gasteiger partial charge in [0.1, 0.15) is 5.75 Å². The fourth-order valence-corrected chi connectivity index (χ4v) is 2.33. The van der Waals surface area contributed by atoms with Gasteiger partial charge in [0.2, 0.25) is 5.70 Å². The van der Waals surface area contributed by atoms with E-state index in [9.17, 15) is 5.11 Å². The maximum atomic E-state index is 9.47. The summed E-state index contributed by atoms with van der Waals surface area (Å²) in [5.41, 5.74) is 4.09. The van der Waals surface area contributed by atoms with Crippen LogP contribution in [0.2, 0.25) is 0 Å². The molecular formula is C21H18BrNO. The summed E-state index contributed by atoms with van der Waals surface area (Å²) in [6, 6.07) is 21.4. The molecule has 3 rings (SSSR count). The van der Waals surface area contributed by atoms with Crippen LogP contribution in [0, 0.1) is 0 Å². The van der Waals surface area contributed by atoms with Gasteiger partial charge in [0.15, 0.2) is 12.4 Å². The quantitative estimate of drug-likeness (QED) is 0.680. The average molecular weight is 380 g/mol. The van der Waals surface area contributed by atoms with Crippen molar-refractivity contribution in [1.82, 2.24) is 0 Å². The Balaban J connectivity index is 0.00000208. The summed E-state index contributed by atoms with van der Waals surface area (Å²) >= 11 is 0. The minimum Gasteiger partial charge on any atom is -1.00 e. The normalized spacial score (nSPS) is 10.3. The predicted octanol–water partition coefficient (Wildman–Crippen LogP) is 1.37. The Hall–Kier alpha value is -2.65.